The number of rotatable bonds is 4. The average Bonchev–Trinajstić information content (AvgIpc) is 3.18. The maximum absolute atomic E-state index is 12.5. The van der Waals surface area contributed by atoms with E-state index < -0.39 is 11.4 Å². The Hall–Kier alpha value is -2.05. The molecule has 2 fully saturated rings. The molecule has 132 valence electrons. The fraction of sp³-hybridized carbons (Fsp3) is 0.706. The van der Waals surface area contributed by atoms with Crippen LogP contribution >= 0.6 is 0 Å². The second-order valence-electron chi connectivity index (χ2n) is 7.23. The van der Waals surface area contributed by atoms with Gasteiger partial charge in [0.25, 0.3) is 0 Å². The van der Waals surface area contributed by atoms with E-state index in [4.69, 9.17) is 0 Å². The molecule has 0 spiro atoms. The van der Waals surface area contributed by atoms with Gasteiger partial charge >= 0.3 is 12.0 Å². The molecule has 0 aromatic carbocycles. The van der Waals surface area contributed by atoms with Gasteiger partial charge in [-0.05, 0) is 39.0 Å². The van der Waals surface area contributed by atoms with Gasteiger partial charge < -0.3 is 10.0 Å². The summed E-state index contributed by atoms with van der Waals surface area (Å²) in [6.45, 7) is 6.96. The number of aromatic nitrogens is 2. The van der Waals surface area contributed by atoms with Gasteiger partial charge in [-0.2, -0.15) is 5.10 Å². The molecule has 1 aliphatic heterocycles. The number of amides is 2. The average molecular weight is 334 g/mol. The minimum Gasteiger partial charge on any atom is -0.481 e. The molecule has 3 atom stereocenters. The fourth-order valence-corrected chi connectivity index (χ4v) is 4.15. The lowest BCUT2D eigenvalue weighted by atomic mass is 9.81. The Morgan fingerprint density at radius 2 is 2.29 bits per heavy atom. The molecule has 1 aromatic rings. The summed E-state index contributed by atoms with van der Waals surface area (Å²) in [5.74, 6) is -0.170. The first-order chi connectivity index (χ1) is 11.4. The number of fused-ring (bicyclic) bond motifs is 1. The summed E-state index contributed by atoms with van der Waals surface area (Å²) >= 11 is 0. The van der Waals surface area contributed by atoms with Gasteiger partial charge in [0.1, 0.15) is 0 Å². The first-order valence-electron chi connectivity index (χ1n) is 8.73. The minimum absolute atomic E-state index is 0.0696. The van der Waals surface area contributed by atoms with E-state index >= 15 is 0 Å². The standard InChI is InChI=1S/C17H26N4O3/c1-4-11(2)21-12(3)8-14(19-21)18-16(24)20-9-13-6-5-7-17(13,10-20)15(22)23/h8,11,13H,4-7,9-10H2,1-3H3,(H,22,23)(H,18,19,24)/t11?,13-,17+/m0/s1. The third-order valence-electron chi connectivity index (χ3n) is 5.75. The zero-order chi connectivity index (χ0) is 17.5. The molecule has 1 aliphatic carbocycles. The predicted molar refractivity (Wildman–Crippen MR) is 90.0 cm³/mol. The van der Waals surface area contributed by atoms with Crippen LogP contribution < -0.4 is 5.32 Å². The fourth-order valence-electron chi connectivity index (χ4n) is 4.15. The summed E-state index contributed by atoms with van der Waals surface area (Å²) in [7, 11) is 0. The van der Waals surface area contributed by atoms with Gasteiger partial charge in [0.15, 0.2) is 5.82 Å². The van der Waals surface area contributed by atoms with Crippen molar-refractivity contribution in [1.82, 2.24) is 14.7 Å². The quantitative estimate of drug-likeness (QED) is 0.886. The van der Waals surface area contributed by atoms with Crippen molar-refractivity contribution in [1.29, 1.82) is 0 Å². The van der Waals surface area contributed by atoms with E-state index in [0.717, 1.165) is 25.0 Å². The number of hydrogen-bond donors (Lipinski definition) is 2. The maximum atomic E-state index is 12.5. The van der Waals surface area contributed by atoms with Crippen molar-refractivity contribution in [3.8, 4) is 0 Å². The van der Waals surface area contributed by atoms with Crippen LogP contribution in [0.15, 0.2) is 6.07 Å². The Morgan fingerprint density at radius 1 is 1.54 bits per heavy atom. The Labute approximate surface area is 142 Å². The van der Waals surface area contributed by atoms with Gasteiger partial charge in [0.2, 0.25) is 0 Å². The van der Waals surface area contributed by atoms with Crippen molar-refractivity contribution in [3.63, 3.8) is 0 Å². The van der Waals surface area contributed by atoms with Crippen molar-refractivity contribution in [2.75, 3.05) is 18.4 Å². The highest BCUT2D eigenvalue weighted by molar-refractivity contribution is 5.89. The van der Waals surface area contributed by atoms with Crippen LogP contribution in [-0.4, -0.2) is 44.9 Å². The number of anilines is 1. The highest BCUT2D eigenvalue weighted by atomic mass is 16.4. The second-order valence-corrected chi connectivity index (χ2v) is 7.23. The van der Waals surface area contributed by atoms with E-state index in [1.54, 1.807) is 4.90 Å². The third kappa shape index (κ3) is 2.65. The SMILES string of the molecule is CCC(C)n1nc(NC(=O)N2C[C@@H]3CCC[C@@]3(C(=O)O)C2)cc1C. The molecule has 7 nitrogen and oxygen atoms in total. The lowest BCUT2D eigenvalue weighted by Gasteiger charge is -2.23. The van der Waals surface area contributed by atoms with Gasteiger partial charge in [0.05, 0.1) is 5.41 Å². The zero-order valence-corrected chi connectivity index (χ0v) is 14.6. The maximum Gasteiger partial charge on any atom is 0.323 e. The number of likely N-dealkylation sites (tertiary alicyclic amines) is 1. The molecule has 3 rings (SSSR count). The molecule has 1 saturated carbocycles. The first kappa shape index (κ1) is 16.8. The van der Waals surface area contributed by atoms with Crippen LogP contribution in [0.5, 0.6) is 0 Å². The Morgan fingerprint density at radius 3 is 2.92 bits per heavy atom. The number of aliphatic carboxylic acids is 1. The van der Waals surface area contributed by atoms with Crippen LogP contribution in [0.3, 0.4) is 0 Å². The highest BCUT2D eigenvalue weighted by Crippen LogP contribution is 2.48. The number of aryl methyl sites for hydroxylation is 1. The smallest absolute Gasteiger partial charge is 0.323 e. The summed E-state index contributed by atoms with van der Waals surface area (Å²) < 4.78 is 1.91. The van der Waals surface area contributed by atoms with E-state index in [9.17, 15) is 14.7 Å². The molecular formula is C17H26N4O3. The number of carbonyl (C=O) groups excluding carboxylic acids is 1. The summed E-state index contributed by atoms with van der Waals surface area (Å²) in [6.07, 6.45) is 3.45. The second kappa shape index (κ2) is 6.11. The molecule has 0 bridgehead atoms. The van der Waals surface area contributed by atoms with E-state index in [-0.39, 0.29) is 18.0 Å². The summed E-state index contributed by atoms with van der Waals surface area (Å²) in [5.41, 5.74) is 0.253. The minimum atomic E-state index is -0.766. The van der Waals surface area contributed by atoms with E-state index in [2.05, 4.69) is 24.3 Å². The van der Waals surface area contributed by atoms with Crippen LogP contribution in [-0.2, 0) is 4.79 Å². The molecular weight excluding hydrogens is 308 g/mol. The first-order valence-corrected chi connectivity index (χ1v) is 8.73. The van der Waals surface area contributed by atoms with Crippen molar-refractivity contribution in [3.05, 3.63) is 11.8 Å². The number of urea groups is 1. The Bertz CT molecular complexity index is 656. The van der Waals surface area contributed by atoms with Crippen molar-refractivity contribution in [2.45, 2.75) is 52.5 Å². The number of carboxylic acids is 1. The summed E-state index contributed by atoms with van der Waals surface area (Å²) in [5, 5.41) is 16.9. The van der Waals surface area contributed by atoms with Crippen LogP contribution in [0.4, 0.5) is 10.6 Å². The van der Waals surface area contributed by atoms with Crippen molar-refractivity contribution >= 4 is 17.8 Å². The molecule has 24 heavy (non-hydrogen) atoms. The normalized spacial score (nSPS) is 27.1. The van der Waals surface area contributed by atoms with E-state index in [0.29, 0.717) is 25.3 Å². The summed E-state index contributed by atoms with van der Waals surface area (Å²) in [6, 6.07) is 1.88. The highest BCUT2D eigenvalue weighted by Gasteiger charge is 2.55. The lowest BCUT2D eigenvalue weighted by Crippen LogP contribution is -2.38. The van der Waals surface area contributed by atoms with Crippen LogP contribution in [0.25, 0.3) is 0 Å². The van der Waals surface area contributed by atoms with Crippen LogP contribution in [0.1, 0.15) is 51.3 Å². The zero-order valence-electron chi connectivity index (χ0n) is 14.6. The van der Waals surface area contributed by atoms with E-state index in [1.165, 1.54) is 0 Å². The number of nitrogens with zero attached hydrogens (tertiary/aromatic N) is 3. The molecule has 2 amide bonds. The number of carboxylic acid groups (broad SMARTS) is 1. The van der Waals surface area contributed by atoms with Crippen molar-refractivity contribution < 1.29 is 14.7 Å². The summed E-state index contributed by atoms with van der Waals surface area (Å²) in [4.78, 5) is 25.9. The number of nitrogens with one attached hydrogen (secondary N) is 1. The monoisotopic (exact) mass is 334 g/mol. The largest absolute Gasteiger partial charge is 0.481 e. The van der Waals surface area contributed by atoms with Gasteiger partial charge in [-0.15, -0.1) is 0 Å². The molecule has 2 N–H and O–H groups in total. The lowest BCUT2D eigenvalue weighted by molar-refractivity contribution is -0.149. The topological polar surface area (TPSA) is 87.5 Å². The molecule has 7 heteroatoms. The van der Waals surface area contributed by atoms with Gasteiger partial charge in [-0.1, -0.05) is 13.3 Å². The van der Waals surface area contributed by atoms with Crippen LogP contribution in [0, 0.1) is 18.3 Å². The number of hydrogen-bond acceptors (Lipinski definition) is 3. The van der Waals surface area contributed by atoms with Crippen molar-refractivity contribution in [2.24, 2.45) is 11.3 Å². The molecule has 1 aromatic heterocycles. The molecule has 2 heterocycles. The van der Waals surface area contributed by atoms with Gasteiger partial charge in [0, 0.05) is 30.9 Å². The number of carbonyl (C=O) groups is 2. The van der Waals surface area contributed by atoms with Gasteiger partial charge in [-0.3, -0.25) is 14.8 Å². The Balaban J connectivity index is 1.70. The molecule has 0 radical (unpaired) electrons. The molecule has 2 aliphatic rings. The van der Waals surface area contributed by atoms with Crippen LogP contribution in [0.2, 0.25) is 0 Å². The predicted octanol–water partition coefficient (Wildman–Crippen LogP) is 2.88. The third-order valence-corrected chi connectivity index (χ3v) is 5.75. The van der Waals surface area contributed by atoms with E-state index in [1.807, 2.05) is 17.7 Å². The van der Waals surface area contributed by atoms with Gasteiger partial charge in [-0.25, -0.2) is 4.79 Å². The Kier molecular flexibility index (Phi) is 4.27. The molecule has 1 unspecified atom stereocenters. The molecule has 1 saturated heterocycles.